The van der Waals surface area contributed by atoms with Crippen LogP contribution in [0.15, 0.2) is 90.7 Å². The van der Waals surface area contributed by atoms with Crippen molar-refractivity contribution in [2.75, 3.05) is 19.6 Å². The smallest absolute Gasteiger partial charge is 0.249 e. The number of amides is 3. The van der Waals surface area contributed by atoms with Gasteiger partial charge < -0.3 is 14.4 Å². The number of allylic oxidation sites excluding steroid dienone is 3. The lowest BCUT2D eigenvalue weighted by molar-refractivity contribution is -0.143. The van der Waals surface area contributed by atoms with Gasteiger partial charge in [0.2, 0.25) is 17.7 Å². The number of carbonyl (C=O) groups is 3. The third-order valence-electron chi connectivity index (χ3n) is 7.16. The number of nitrogens with one attached hydrogen (secondary N) is 1. The molecule has 3 aliphatic rings. The summed E-state index contributed by atoms with van der Waals surface area (Å²) in [5.74, 6) is 0.664. The Bertz CT molecular complexity index is 1280. The average Bonchev–Trinajstić information content (AvgIpc) is 3.29. The second kappa shape index (κ2) is 12.1. The largest absolute Gasteiger partial charge is 0.489 e. The van der Waals surface area contributed by atoms with Crippen LogP contribution >= 0.6 is 0 Å². The van der Waals surface area contributed by atoms with Crippen LogP contribution in [0.4, 0.5) is 0 Å². The summed E-state index contributed by atoms with van der Waals surface area (Å²) in [6.07, 6.45) is 6.20. The molecule has 0 aromatic heterocycles. The van der Waals surface area contributed by atoms with Crippen molar-refractivity contribution in [2.45, 2.75) is 44.6 Å². The lowest BCUT2D eigenvalue weighted by Crippen LogP contribution is -2.53. The maximum Gasteiger partial charge on any atom is 0.249 e. The molecular weight excluding hydrogens is 494 g/mol. The molecule has 2 aromatic carbocycles. The molecular formula is C31H33N3O5. The van der Waals surface area contributed by atoms with E-state index in [4.69, 9.17) is 9.47 Å². The van der Waals surface area contributed by atoms with Crippen molar-refractivity contribution in [3.05, 3.63) is 102 Å². The SMILES string of the molecule is C=C/C=C\C(OCc1ccc(CN2CC(Oc3ccccc3)C2)cc1)=C1/CC(=O)N(C2CCC(=O)NC2=O)C1. The minimum Gasteiger partial charge on any atom is -0.489 e. The van der Waals surface area contributed by atoms with Gasteiger partial charge in [-0.15, -0.1) is 0 Å². The van der Waals surface area contributed by atoms with Gasteiger partial charge in [-0.05, 0) is 35.8 Å². The van der Waals surface area contributed by atoms with Gasteiger partial charge in [0.05, 0.1) is 6.42 Å². The molecule has 0 radical (unpaired) electrons. The molecule has 0 aliphatic carbocycles. The zero-order valence-corrected chi connectivity index (χ0v) is 21.9. The van der Waals surface area contributed by atoms with Crippen molar-refractivity contribution in [1.29, 1.82) is 0 Å². The molecule has 1 unspecified atom stereocenters. The summed E-state index contributed by atoms with van der Waals surface area (Å²) in [4.78, 5) is 40.4. The van der Waals surface area contributed by atoms with Crippen LogP contribution in [-0.4, -0.2) is 59.3 Å². The normalized spacial score (nSPS) is 21.6. The molecule has 202 valence electrons. The van der Waals surface area contributed by atoms with E-state index in [1.54, 1.807) is 23.1 Å². The van der Waals surface area contributed by atoms with Gasteiger partial charge in [-0.25, -0.2) is 0 Å². The molecule has 8 heteroatoms. The van der Waals surface area contributed by atoms with E-state index in [9.17, 15) is 14.4 Å². The van der Waals surface area contributed by atoms with E-state index in [2.05, 4.69) is 41.1 Å². The average molecular weight is 528 g/mol. The number of imide groups is 1. The minimum atomic E-state index is -0.628. The summed E-state index contributed by atoms with van der Waals surface area (Å²) in [7, 11) is 0. The molecule has 8 nitrogen and oxygen atoms in total. The number of rotatable bonds is 10. The fourth-order valence-electron chi connectivity index (χ4n) is 5.06. The highest BCUT2D eigenvalue weighted by Crippen LogP contribution is 2.27. The van der Waals surface area contributed by atoms with Crippen LogP contribution in [0.25, 0.3) is 0 Å². The van der Waals surface area contributed by atoms with Crippen molar-refractivity contribution in [2.24, 2.45) is 0 Å². The summed E-state index contributed by atoms with van der Waals surface area (Å²) in [6, 6.07) is 17.6. The number of piperidine rings is 1. The van der Waals surface area contributed by atoms with Crippen LogP contribution in [-0.2, 0) is 32.3 Å². The standard InChI is InChI=1S/C31H33N3O5/c1-2-3-9-28(24-16-30(36)34(18-24)27-14-15-29(35)32-31(27)37)38-21-23-12-10-22(11-13-23)17-33-19-26(20-33)39-25-7-5-4-6-8-25/h2-13,26-27H,1,14-21H2,(H,32,35,37)/b9-3-,28-24-. The van der Waals surface area contributed by atoms with Gasteiger partial charge in [-0.2, -0.15) is 0 Å². The zero-order valence-electron chi connectivity index (χ0n) is 21.9. The van der Waals surface area contributed by atoms with Crippen LogP contribution in [0.3, 0.4) is 0 Å². The first-order valence-corrected chi connectivity index (χ1v) is 13.3. The molecule has 3 heterocycles. The number of likely N-dealkylation sites (tertiary alicyclic amines) is 2. The van der Waals surface area contributed by atoms with E-state index >= 15 is 0 Å². The van der Waals surface area contributed by atoms with Crippen molar-refractivity contribution < 1.29 is 23.9 Å². The lowest BCUT2D eigenvalue weighted by Gasteiger charge is -2.39. The van der Waals surface area contributed by atoms with Crippen LogP contribution in [0.1, 0.15) is 30.4 Å². The second-order valence-corrected chi connectivity index (χ2v) is 10.1. The topological polar surface area (TPSA) is 88.2 Å². The van der Waals surface area contributed by atoms with Crippen LogP contribution in [0, 0.1) is 0 Å². The lowest BCUT2D eigenvalue weighted by atomic mass is 10.0. The van der Waals surface area contributed by atoms with Gasteiger partial charge in [0, 0.05) is 38.2 Å². The molecule has 2 aromatic rings. The Labute approximate surface area is 228 Å². The summed E-state index contributed by atoms with van der Waals surface area (Å²) in [5, 5.41) is 2.33. The summed E-state index contributed by atoms with van der Waals surface area (Å²) >= 11 is 0. The molecule has 1 N–H and O–H groups in total. The van der Waals surface area contributed by atoms with Gasteiger partial charge in [0.1, 0.15) is 30.3 Å². The molecule has 5 rings (SSSR count). The first-order valence-electron chi connectivity index (χ1n) is 13.3. The first-order chi connectivity index (χ1) is 19.0. The predicted octanol–water partition coefficient (Wildman–Crippen LogP) is 3.50. The second-order valence-electron chi connectivity index (χ2n) is 10.1. The number of ether oxygens (including phenoxy) is 2. The highest BCUT2D eigenvalue weighted by atomic mass is 16.5. The summed E-state index contributed by atoms with van der Waals surface area (Å²) in [6.45, 7) is 7.05. The van der Waals surface area contributed by atoms with Gasteiger partial charge in [0.25, 0.3) is 0 Å². The van der Waals surface area contributed by atoms with E-state index in [0.29, 0.717) is 25.3 Å². The van der Waals surface area contributed by atoms with Crippen LogP contribution < -0.4 is 10.1 Å². The van der Waals surface area contributed by atoms with E-state index in [1.165, 1.54) is 5.56 Å². The van der Waals surface area contributed by atoms with Crippen molar-refractivity contribution in [3.8, 4) is 5.75 Å². The minimum absolute atomic E-state index is 0.139. The first kappa shape index (κ1) is 26.4. The van der Waals surface area contributed by atoms with Gasteiger partial charge in [0.15, 0.2) is 0 Å². The maximum atomic E-state index is 12.7. The van der Waals surface area contributed by atoms with E-state index in [1.807, 2.05) is 30.3 Å². The Kier molecular flexibility index (Phi) is 8.22. The zero-order chi connectivity index (χ0) is 27.2. The number of hydrogen-bond donors (Lipinski definition) is 1. The quantitative estimate of drug-likeness (QED) is 0.289. The number of hydrogen-bond acceptors (Lipinski definition) is 6. The molecule has 39 heavy (non-hydrogen) atoms. The maximum absolute atomic E-state index is 12.7. The number of benzene rings is 2. The highest BCUT2D eigenvalue weighted by Gasteiger charge is 2.39. The predicted molar refractivity (Wildman–Crippen MR) is 146 cm³/mol. The van der Waals surface area contributed by atoms with Crippen LogP contribution in [0.5, 0.6) is 5.75 Å². The fourth-order valence-corrected chi connectivity index (χ4v) is 5.06. The molecule has 3 saturated heterocycles. The van der Waals surface area contributed by atoms with Gasteiger partial charge in [-0.3, -0.25) is 24.6 Å². The molecule has 3 amide bonds. The molecule has 0 spiro atoms. The summed E-state index contributed by atoms with van der Waals surface area (Å²) < 4.78 is 12.1. The molecule has 0 bridgehead atoms. The van der Waals surface area contributed by atoms with Crippen LogP contribution in [0.2, 0.25) is 0 Å². The van der Waals surface area contributed by atoms with E-state index in [0.717, 1.165) is 36.5 Å². The van der Waals surface area contributed by atoms with Crippen molar-refractivity contribution in [1.82, 2.24) is 15.1 Å². The highest BCUT2D eigenvalue weighted by molar-refractivity contribution is 6.02. The van der Waals surface area contributed by atoms with E-state index < -0.39 is 11.9 Å². The monoisotopic (exact) mass is 527 g/mol. The third-order valence-corrected chi connectivity index (χ3v) is 7.16. The van der Waals surface area contributed by atoms with Gasteiger partial charge >= 0.3 is 0 Å². The Hall–Kier alpha value is -4.17. The van der Waals surface area contributed by atoms with Crippen molar-refractivity contribution in [3.63, 3.8) is 0 Å². The number of para-hydroxylation sites is 1. The molecule has 1 atom stereocenters. The molecule has 0 saturated carbocycles. The Balaban J connectivity index is 1.14. The third kappa shape index (κ3) is 6.64. The molecule has 3 fully saturated rings. The summed E-state index contributed by atoms with van der Waals surface area (Å²) in [5.41, 5.74) is 3.05. The van der Waals surface area contributed by atoms with Crippen molar-refractivity contribution >= 4 is 17.7 Å². The molecule has 3 aliphatic heterocycles. The number of nitrogens with zero attached hydrogens (tertiary/aromatic N) is 2. The number of carbonyl (C=O) groups excluding carboxylic acids is 3. The Morgan fingerprint density at radius 2 is 1.77 bits per heavy atom. The Morgan fingerprint density at radius 3 is 2.49 bits per heavy atom. The fraction of sp³-hybridized carbons (Fsp3) is 0.323. The van der Waals surface area contributed by atoms with Gasteiger partial charge in [-0.1, -0.05) is 61.2 Å². The Morgan fingerprint density at radius 1 is 1.03 bits per heavy atom. The van der Waals surface area contributed by atoms with E-state index in [-0.39, 0.29) is 30.8 Å².